The molecule has 0 aliphatic heterocycles. The highest BCUT2D eigenvalue weighted by molar-refractivity contribution is 5.78. The highest BCUT2D eigenvalue weighted by atomic mass is 15.5. The zero-order chi connectivity index (χ0) is 14.2. The van der Waals surface area contributed by atoms with E-state index in [1.54, 1.807) is 4.68 Å². The summed E-state index contributed by atoms with van der Waals surface area (Å²) >= 11 is 0. The number of aryl methyl sites for hydroxylation is 1. The molecule has 1 N–H and O–H groups in total. The molecule has 0 amide bonds. The van der Waals surface area contributed by atoms with Crippen LogP contribution in [0.1, 0.15) is 5.56 Å². The summed E-state index contributed by atoms with van der Waals surface area (Å²) in [6, 6.07) is 15.9. The molecule has 4 rings (SSSR count). The number of benzene rings is 2. The van der Waals surface area contributed by atoms with Crippen LogP contribution in [0.25, 0.3) is 28.4 Å². The van der Waals surface area contributed by atoms with Gasteiger partial charge >= 0.3 is 0 Å². The topological polar surface area (TPSA) is 72.3 Å². The zero-order valence-electron chi connectivity index (χ0n) is 11.4. The number of rotatable bonds is 2. The largest absolute Gasteiger partial charge is 0.335 e. The minimum absolute atomic E-state index is 0.594. The van der Waals surface area contributed by atoms with E-state index in [0.717, 1.165) is 22.3 Å². The van der Waals surface area contributed by atoms with E-state index < -0.39 is 0 Å². The smallest absolute Gasteiger partial charge is 0.222 e. The van der Waals surface area contributed by atoms with Gasteiger partial charge in [0.2, 0.25) is 5.82 Å². The Balaban J connectivity index is 1.88. The molecule has 0 spiro atoms. The fourth-order valence-electron chi connectivity index (χ4n) is 2.33. The number of aromatic nitrogens is 6. The summed E-state index contributed by atoms with van der Waals surface area (Å²) in [4.78, 5) is 7.79. The Bertz CT molecular complexity index is 887. The van der Waals surface area contributed by atoms with Gasteiger partial charge in [-0.3, -0.25) is 0 Å². The molecule has 6 nitrogen and oxygen atoms in total. The number of imidazole rings is 1. The maximum atomic E-state index is 4.54. The molecule has 0 fully saturated rings. The van der Waals surface area contributed by atoms with Gasteiger partial charge in [0.05, 0.1) is 16.7 Å². The van der Waals surface area contributed by atoms with E-state index in [0.29, 0.717) is 11.6 Å². The van der Waals surface area contributed by atoms with Crippen LogP contribution in [0.4, 0.5) is 0 Å². The van der Waals surface area contributed by atoms with Gasteiger partial charge in [0.15, 0.2) is 5.82 Å². The molecule has 0 aliphatic carbocycles. The lowest BCUT2D eigenvalue weighted by Gasteiger charge is -2.03. The Labute approximate surface area is 120 Å². The van der Waals surface area contributed by atoms with Crippen LogP contribution < -0.4 is 0 Å². The molecule has 6 heteroatoms. The number of H-pyrrole nitrogens is 1. The van der Waals surface area contributed by atoms with Crippen molar-refractivity contribution in [3.8, 4) is 17.3 Å². The van der Waals surface area contributed by atoms with Gasteiger partial charge in [-0.15, -0.1) is 5.10 Å². The highest BCUT2D eigenvalue weighted by Crippen LogP contribution is 2.20. The van der Waals surface area contributed by atoms with Crippen LogP contribution >= 0.6 is 0 Å². The van der Waals surface area contributed by atoms with Gasteiger partial charge in [-0.05, 0) is 47.2 Å². The molecular formula is C15H12N6. The van der Waals surface area contributed by atoms with Crippen LogP contribution in [0.15, 0.2) is 48.5 Å². The average molecular weight is 276 g/mol. The SMILES string of the molecule is Cc1cccc(-n2nnnc2-c2nc3ccccc3[nH]2)c1. The lowest BCUT2D eigenvalue weighted by atomic mass is 10.2. The lowest BCUT2D eigenvalue weighted by molar-refractivity contribution is 0.789. The van der Waals surface area contributed by atoms with Gasteiger partial charge in [-0.2, -0.15) is 4.68 Å². The third-order valence-corrected chi connectivity index (χ3v) is 3.32. The van der Waals surface area contributed by atoms with Crippen molar-refractivity contribution in [1.82, 2.24) is 30.2 Å². The first-order valence-corrected chi connectivity index (χ1v) is 6.62. The fraction of sp³-hybridized carbons (Fsp3) is 0.0667. The number of hydrogen-bond acceptors (Lipinski definition) is 4. The molecule has 0 unspecified atom stereocenters. The zero-order valence-corrected chi connectivity index (χ0v) is 11.4. The maximum absolute atomic E-state index is 4.54. The number of aromatic amines is 1. The molecule has 0 atom stereocenters. The minimum Gasteiger partial charge on any atom is -0.335 e. The fourth-order valence-corrected chi connectivity index (χ4v) is 2.33. The molecule has 2 heterocycles. The van der Waals surface area contributed by atoms with E-state index >= 15 is 0 Å². The first-order valence-electron chi connectivity index (χ1n) is 6.62. The first kappa shape index (κ1) is 11.8. The Morgan fingerprint density at radius 3 is 2.81 bits per heavy atom. The van der Waals surface area contributed by atoms with Crippen molar-refractivity contribution in [3.05, 3.63) is 54.1 Å². The molecule has 2 aromatic heterocycles. The van der Waals surface area contributed by atoms with Crippen LogP contribution in [0, 0.1) is 6.92 Å². The minimum atomic E-state index is 0.594. The van der Waals surface area contributed by atoms with Crippen molar-refractivity contribution in [2.45, 2.75) is 6.92 Å². The van der Waals surface area contributed by atoms with E-state index in [1.807, 2.05) is 55.5 Å². The summed E-state index contributed by atoms with van der Waals surface area (Å²) in [6.07, 6.45) is 0. The highest BCUT2D eigenvalue weighted by Gasteiger charge is 2.14. The second-order valence-electron chi connectivity index (χ2n) is 4.86. The van der Waals surface area contributed by atoms with Crippen molar-refractivity contribution in [2.24, 2.45) is 0 Å². The summed E-state index contributed by atoms with van der Waals surface area (Å²) < 4.78 is 1.69. The molecule has 0 saturated carbocycles. The van der Waals surface area contributed by atoms with Gasteiger partial charge < -0.3 is 4.98 Å². The van der Waals surface area contributed by atoms with Crippen molar-refractivity contribution in [2.75, 3.05) is 0 Å². The summed E-state index contributed by atoms with van der Waals surface area (Å²) in [5, 5.41) is 11.9. The average Bonchev–Trinajstić information content (AvgIpc) is 3.13. The molecular weight excluding hydrogens is 264 g/mol. The molecule has 0 aliphatic rings. The second kappa shape index (κ2) is 4.52. The van der Waals surface area contributed by atoms with Gasteiger partial charge in [0, 0.05) is 0 Å². The Kier molecular flexibility index (Phi) is 2.53. The van der Waals surface area contributed by atoms with Crippen molar-refractivity contribution in [1.29, 1.82) is 0 Å². The number of nitrogens with zero attached hydrogens (tertiary/aromatic N) is 5. The van der Waals surface area contributed by atoms with Crippen LogP contribution in [-0.2, 0) is 0 Å². The van der Waals surface area contributed by atoms with Gasteiger partial charge in [0.25, 0.3) is 0 Å². The number of para-hydroxylation sites is 2. The molecule has 102 valence electrons. The standard InChI is InChI=1S/C15H12N6/c1-10-5-4-6-11(9-10)21-15(18-19-20-21)14-16-12-7-2-3-8-13(12)17-14/h2-9H,1H3,(H,16,17). The monoisotopic (exact) mass is 276 g/mol. The number of nitrogens with one attached hydrogen (secondary N) is 1. The third-order valence-electron chi connectivity index (χ3n) is 3.32. The maximum Gasteiger partial charge on any atom is 0.222 e. The van der Waals surface area contributed by atoms with Crippen LogP contribution in [0.2, 0.25) is 0 Å². The van der Waals surface area contributed by atoms with Crippen molar-refractivity contribution >= 4 is 11.0 Å². The molecule has 21 heavy (non-hydrogen) atoms. The third kappa shape index (κ3) is 1.97. The summed E-state index contributed by atoms with van der Waals surface area (Å²) in [5.41, 5.74) is 3.92. The van der Waals surface area contributed by atoms with Crippen molar-refractivity contribution in [3.63, 3.8) is 0 Å². The summed E-state index contributed by atoms with van der Waals surface area (Å²) in [7, 11) is 0. The number of hydrogen-bond donors (Lipinski definition) is 1. The van der Waals surface area contributed by atoms with Crippen LogP contribution in [0.5, 0.6) is 0 Å². The van der Waals surface area contributed by atoms with E-state index in [9.17, 15) is 0 Å². The molecule has 0 saturated heterocycles. The lowest BCUT2D eigenvalue weighted by Crippen LogP contribution is -2.00. The van der Waals surface area contributed by atoms with E-state index in [2.05, 4.69) is 25.5 Å². The van der Waals surface area contributed by atoms with E-state index in [4.69, 9.17) is 0 Å². The van der Waals surface area contributed by atoms with Crippen LogP contribution in [-0.4, -0.2) is 30.2 Å². The number of tetrazole rings is 1. The van der Waals surface area contributed by atoms with Gasteiger partial charge in [-0.1, -0.05) is 24.3 Å². The van der Waals surface area contributed by atoms with Gasteiger partial charge in [-0.25, -0.2) is 4.98 Å². The first-order chi connectivity index (χ1) is 10.3. The van der Waals surface area contributed by atoms with Gasteiger partial charge in [0.1, 0.15) is 0 Å². The summed E-state index contributed by atoms with van der Waals surface area (Å²) in [6.45, 7) is 2.04. The van der Waals surface area contributed by atoms with E-state index in [1.165, 1.54) is 0 Å². The molecule has 0 bridgehead atoms. The number of fused-ring (bicyclic) bond motifs is 1. The molecule has 0 radical (unpaired) electrons. The quantitative estimate of drug-likeness (QED) is 0.610. The molecule has 2 aromatic carbocycles. The normalized spacial score (nSPS) is 11.1. The second-order valence-corrected chi connectivity index (χ2v) is 4.86. The molecule has 4 aromatic rings. The Morgan fingerprint density at radius 1 is 1.05 bits per heavy atom. The van der Waals surface area contributed by atoms with Crippen molar-refractivity contribution < 1.29 is 0 Å². The van der Waals surface area contributed by atoms with Crippen LogP contribution in [0.3, 0.4) is 0 Å². The Hall–Kier alpha value is -3.02. The Morgan fingerprint density at radius 2 is 1.95 bits per heavy atom. The summed E-state index contributed by atoms with van der Waals surface area (Å²) in [5.74, 6) is 1.25. The van der Waals surface area contributed by atoms with E-state index in [-0.39, 0.29) is 0 Å². The predicted octanol–water partition coefficient (Wildman–Crippen LogP) is 2.51. The predicted molar refractivity (Wildman–Crippen MR) is 79.0 cm³/mol.